The third kappa shape index (κ3) is 3.84. The second-order valence-corrected chi connectivity index (χ2v) is 4.57. The van der Waals surface area contributed by atoms with Gasteiger partial charge in [0.2, 0.25) is 0 Å². The molecule has 0 spiro atoms. The minimum absolute atomic E-state index is 0.224. The zero-order valence-corrected chi connectivity index (χ0v) is 11.4. The largest absolute Gasteiger partial charge is 0.389 e. The molecular weight excluding hydrogens is 285 g/mol. The van der Waals surface area contributed by atoms with Crippen LogP contribution in [-0.4, -0.2) is 10.8 Å². The van der Waals surface area contributed by atoms with E-state index >= 15 is 0 Å². The van der Waals surface area contributed by atoms with Crippen LogP contribution in [0.3, 0.4) is 0 Å². The first-order chi connectivity index (χ1) is 9.16. The number of nitrogens with two attached hydrogens (primary N) is 1. The van der Waals surface area contributed by atoms with Crippen LogP contribution in [0.4, 0.5) is 0 Å². The highest BCUT2D eigenvalue weighted by molar-refractivity contribution is 6.35. The van der Waals surface area contributed by atoms with Crippen molar-refractivity contribution in [2.24, 2.45) is 10.9 Å². The molecule has 0 aliphatic carbocycles. The Hall–Kier alpha value is -1.78. The van der Waals surface area contributed by atoms with E-state index in [2.05, 4.69) is 10.1 Å². The van der Waals surface area contributed by atoms with Gasteiger partial charge >= 0.3 is 0 Å². The number of hydrogen-bond donors (Lipinski definition) is 1. The van der Waals surface area contributed by atoms with Gasteiger partial charge in [0.1, 0.15) is 6.61 Å². The van der Waals surface area contributed by atoms with Gasteiger partial charge in [0.25, 0.3) is 0 Å². The van der Waals surface area contributed by atoms with Crippen LogP contribution in [0.1, 0.15) is 11.1 Å². The summed E-state index contributed by atoms with van der Waals surface area (Å²) in [6.07, 6.45) is 3.27. The van der Waals surface area contributed by atoms with E-state index in [1.54, 1.807) is 42.7 Å². The predicted octanol–water partition coefficient (Wildman–Crippen LogP) is 3.23. The van der Waals surface area contributed by atoms with Crippen molar-refractivity contribution in [1.82, 2.24) is 4.98 Å². The van der Waals surface area contributed by atoms with Gasteiger partial charge in [-0.05, 0) is 24.3 Å². The second-order valence-electron chi connectivity index (χ2n) is 3.72. The molecule has 19 heavy (non-hydrogen) atoms. The van der Waals surface area contributed by atoms with Gasteiger partial charge in [0.05, 0.1) is 0 Å². The van der Waals surface area contributed by atoms with E-state index in [0.717, 1.165) is 11.1 Å². The molecule has 0 unspecified atom stereocenters. The standard InChI is InChI=1S/C13H11Cl2N3O/c14-11-2-1-10(12(15)7-11)8-19-18-13(16)9-3-5-17-6-4-9/h1-7H,8H2,(H2,16,18). The Morgan fingerprint density at radius 3 is 2.63 bits per heavy atom. The summed E-state index contributed by atoms with van der Waals surface area (Å²) in [5, 5.41) is 4.94. The first kappa shape index (κ1) is 13.6. The summed E-state index contributed by atoms with van der Waals surface area (Å²) in [6.45, 7) is 0.224. The number of rotatable bonds is 4. The second kappa shape index (κ2) is 6.41. The molecule has 0 saturated carbocycles. The molecule has 0 bridgehead atoms. The highest BCUT2D eigenvalue weighted by Crippen LogP contribution is 2.21. The molecule has 0 atom stereocenters. The summed E-state index contributed by atoms with van der Waals surface area (Å²) in [7, 11) is 0. The number of benzene rings is 1. The van der Waals surface area contributed by atoms with Crippen LogP contribution >= 0.6 is 23.2 Å². The molecule has 0 radical (unpaired) electrons. The maximum absolute atomic E-state index is 6.01. The predicted molar refractivity (Wildman–Crippen MR) is 76.2 cm³/mol. The van der Waals surface area contributed by atoms with Gasteiger partial charge in [-0.3, -0.25) is 4.98 Å². The van der Waals surface area contributed by atoms with Crippen molar-refractivity contribution in [2.45, 2.75) is 6.61 Å². The minimum atomic E-state index is 0.224. The van der Waals surface area contributed by atoms with Gasteiger partial charge in [-0.2, -0.15) is 0 Å². The van der Waals surface area contributed by atoms with E-state index in [9.17, 15) is 0 Å². The van der Waals surface area contributed by atoms with Crippen LogP contribution < -0.4 is 5.73 Å². The van der Waals surface area contributed by atoms with Crippen molar-refractivity contribution < 1.29 is 4.84 Å². The molecule has 98 valence electrons. The maximum atomic E-state index is 6.01. The lowest BCUT2D eigenvalue weighted by molar-refractivity contribution is 0.130. The van der Waals surface area contributed by atoms with E-state index in [1.807, 2.05) is 0 Å². The molecule has 0 fully saturated rings. The number of amidine groups is 1. The molecule has 1 aromatic carbocycles. The fraction of sp³-hybridized carbons (Fsp3) is 0.0769. The van der Waals surface area contributed by atoms with Crippen LogP contribution in [0, 0.1) is 0 Å². The van der Waals surface area contributed by atoms with Gasteiger partial charge in [-0.15, -0.1) is 0 Å². The van der Waals surface area contributed by atoms with Gasteiger partial charge in [0.15, 0.2) is 5.84 Å². The molecule has 0 amide bonds. The van der Waals surface area contributed by atoms with Crippen LogP contribution in [0.15, 0.2) is 47.9 Å². The topological polar surface area (TPSA) is 60.5 Å². The Kier molecular flexibility index (Phi) is 4.60. The summed E-state index contributed by atoms with van der Waals surface area (Å²) in [5.41, 5.74) is 7.30. The van der Waals surface area contributed by atoms with E-state index in [1.165, 1.54) is 0 Å². The Labute approximate surface area is 120 Å². The summed E-state index contributed by atoms with van der Waals surface area (Å²) in [4.78, 5) is 9.07. The zero-order chi connectivity index (χ0) is 13.7. The Balaban J connectivity index is 2.00. The number of hydrogen-bond acceptors (Lipinski definition) is 3. The summed E-state index contributed by atoms with van der Waals surface area (Å²) < 4.78 is 0. The van der Waals surface area contributed by atoms with Crippen molar-refractivity contribution >= 4 is 29.0 Å². The van der Waals surface area contributed by atoms with Crippen LogP contribution in [0.5, 0.6) is 0 Å². The first-order valence-electron chi connectivity index (χ1n) is 5.46. The van der Waals surface area contributed by atoms with Gasteiger partial charge < -0.3 is 10.6 Å². The molecule has 6 heteroatoms. The highest BCUT2D eigenvalue weighted by atomic mass is 35.5. The molecule has 4 nitrogen and oxygen atoms in total. The molecule has 0 aliphatic heterocycles. The van der Waals surface area contributed by atoms with Crippen LogP contribution in [-0.2, 0) is 11.4 Å². The van der Waals surface area contributed by atoms with E-state index < -0.39 is 0 Å². The summed E-state index contributed by atoms with van der Waals surface area (Å²) in [5.74, 6) is 0.285. The summed E-state index contributed by atoms with van der Waals surface area (Å²) >= 11 is 11.8. The zero-order valence-electron chi connectivity index (χ0n) is 9.88. The van der Waals surface area contributed by atoms with E-state index in [-0.39, 0.29) is 12.4 Å². The maximum Gasteiger partial charge on any atom is 0.170 e. The lowest BCUT2D eigenvalue weighted by Gasteiger charge is -2.04. The highest BCUT2D eigenvalue weighted by Gasteiger charge is 2.02. The van der Waals surface area contributed by atoms with Gasteiger partial charge in [-0.25, -0.2) is 0 Å². The number of oxime groups is 1. The number of nitrogens with zero attached hydrogens (tertiary/aromatic N) is 2. The normalized spacial score (nSPS) is 11.4. The van der Waals surface area contributed by atoms with Crippen molar-refractivity contribution in [2.75, 3.05) is 0 Å². The van der Waals surface area contributed by atoms with E-state index in [0.29, 0.717) is 10.0 Å². The number of halogens is 2. The van der Waals surface area contributed by atoms with Crippen molar-refractivity contribution in [3.8, 4) is 0 Å². The monoisotopic (exact) mass is 295 g/mol. The van der Waals surface area contributed by atoms with Crippen LogP contribution in [0.25, 0.3) is 0 Å². The molecule has 2 N–H and O–H groups in total. The Bertz CT molecular complexity index is 588. The average molecular weight is 296 g/mol. The van der Waals surface area contributed by atoms with Gasteiger partial charge in [0, 0.05) is 33.6 Å². The average Bonchev–Trinajstić information content (AvgIpc) is 2.42. The smallest absolute Gasteiger partial charge is 0.170 e. The van der Waals surface area contributed by atoms with E-state index in [4.69, 9.17) is 33.8 Å². The van der Waals surface area contributed by atoms with Crippen molar-refractivity contribution in [1.29, 1.82) is 0 Å². The van der Waals surface area contributed by atoms with Crippen LogP contribution in [0.2, 0.25) is 10.0 Å². The molecule has 0 saturated heterocycles. The van der Waals surface area contributed by atoms with Gasteiger partial charge in [-0.1, -0.05) is 34.4 Å². The Morgan fingerprint density at radius 2 is 1.95 bits per heavy atom. The third-order valence-electron chi connectivity index (χ3n) is 2.37. The molecule has 1 heterocycles. The molecule has 1 aromatic heterocycles. The third-order valence-corrected chi connectivity index (χ3v) is 2.96. The number of aromatic nitrogens is 1. The summed E-state index contributed by atoms with van der Waals surface area (Å²) in [6, 6.07) is 8.66. The molecule has 2 aromatic rings. The first-order valence-corrected chi connectivity index (χ1v) is 6.22. The fourth-order valence-electron chi connectivity index (χ4n) is 1.39. The molecule has 0 aliphatic rings. The fourth-order valence-corrected chi connectivity index (χ4v) is 1.85. The SMILES string of the molecule is NC(=NOCc1ccc(Cl)cc1Cl)c1ccncc1. The van der Waals surface area contributed by atoms with Crippen molar-refractivity contribution in [3.05, 3.63) is 63.9 Å². The van der Waals surface area contributed by atoms with Crippen molar-refractivity contribution in [3.63, 3.8) is 0 Å². The lowest BCUT2D eigenvalue weighted by Crippen LogP contribution is -2.13. The quantitative estimate of drug-likeness (QED) is 0.535. The molecule has 2 rings (SSSR count). The lowest BCUT2D eigenvalue weighted by atomic mass is 10.2. The number of pyridine rings is 1. The Morgan fingerprint density at radius 1 is 1.21 bits per heavy atom. The minimum Gasteiger partial charge on any atom is -0.389 e. The molecular formula is C13H11Cl2N3O.